The summed E-state index contributed by atoms with van der Waals surface area (Å²) in [4.78, 5) is 26.7. The summed E-state index contributed by atoms with van der Waals surface area (Å²) in [6, 6.07) is 14.2. The Morgan fingerprint density at radius 3 is 2.15 bits per heavy atom. The number of amides is 2. The molecule has 4 nitrogen and oxygen atoms in total. The SMILES string of the molecule is O=C(NC1CC1)c1ccc(CN(C(=O)Cc2ccc(F)cc2)C2CC2)cc1. The minimum absolute atomic E-state index is 0.0320. The van der Waals surface area contributed by atoms with Gasteiger partial charge < -0.3 is 10.2 Å². The quantitative estimate of drug-likeness (QED) is 0.816. The van der Waals surface area contributed by atoms with Gasteiger partial charge in [-0.15, -0.1) is 0 Å². The number of halogens is 1. The van der Waals surface area contributed by atoms with Gasteiger partial charge in [-0.1, -0.05) is 24.3 Å². The van der Waals surface area contributed by atoms with E-state index < -0.39 is 0 Å². The van der Waals surface area contributed by atoms with E-state index in [1.807, 2.05) is 29.2 Å². The third-order valence-electron chi connectivity index (χ3n) is 5.06. The lowest BCUT2D eigenvalue weighted by molar-refractivity contribution is -0.131. The molecule has 2 aliphatic carbocycles. The first kappa shape index (κ1) is 17.7. The van der Waals surface area contributed by atoms with E-state index in [1.165, 1.54) is 12.1 Å². The maximum absolute atomic E-state index is 13.0. The maximum Gasteiger partial charge on any atom is 0.251 e. The van der Waals surface area contributed by atoms with Gasteiger partial charge in [0.1, 0.15) is 5.82 Å². The molecule has 0 spiro atoms. The predicted molar refractivity (Wildman–Crippen MR) is 101 cm³/mol. The molecule has 140 valence electrons. The Balaban J connectivity index is 1.39. The number of nitrogens with zero attached hydrogens (tertiary/aromatic N) is 1. The number of nitrogens with one attached hydrogen (secondary N) is 1. The monoisotopic (exact) mass is 366 g/mol. The number of hydrogen-bond acceptors (Lipinski definition) is 2. The highest BCUT2D eigenvalue weighted by molar-refractivity contribution is 5.94. The Hall–Kier alpha value is -2.69. The molecule has 4 rings (SSSR count). The Labute approximate surface area is 158 Å². The Kier molecular flexibility index (Phi) is 4.92. The average molecular weight is 366 g/mol. The summed E-state index contributed by atoms with van der Waals surface area (Å²) in [5.41, 5.74) is 2.48. The molecule has 0 aliphatic heterocycles. The van der Waals surface area contributed by atoms with Crippen LogP contribution in [0.25, 0.3) is 0 Å². The zero-order valence-corrected chi connectivity index (χ0v) is 15.2. The average Bonchev–Trinajstić information content (AvgIpc) is 3.57. The Bertz CT molecular complexity index is 824. The summed E-state index contributed by atoms with van der Waals surface area (Å²) in [5.74, 6) is -0.272. The molecule has 0 heterocycles. The summed E-state index contributed by atoms with van der Waals surface area (Å²) in [6.45, 7) is 0.537. The topological polar surface area (TPSA) is 49.4 Å². The number of benzene rings is 2. The maximum atomic E-state index is 13.0. The van der Waals surface area contributed by atoms with Gasteiger partial charge >= 0.3 is 0 Å². The van der Waals surface area contributed by atoms with Gasteiger partial charge in [0.25, 0.3) is 5.91 Å². The van der Waals surface area contributed by atoms with Crippen molar-refractivity contribution in [2.24, 2.45) is 0 Å². The van der Waals surface area contributed by atoms with E-state index in [4.69, 9.17) is 0 Å². The minimum Gasteiger partial charge on any atom is -0.349 e. The number of rotatable bonds is 7. The van der Waals surface area contributed by atoms with Gasteiger partial charge in [-0.05, 0) is 61.1 Å². The largest absolute Gasteiger partial charge is 0.349 e. The third-order valence-corrected chi connectivity index (χ3v) is 5.06. The van der Waals surface area contributed by atoms with Crippen LogP contribution in [0.4, 0.5) is 4.39 Å². The van der Waals surface area contributed by atoms with E-state index in [0.29, 0.717) is 18.2 Å². The zero-order chi connectivity index (χ0) is 18.8. The van der Waals surface area contributed by atoms with Crippen LogP contribution >= 0.6 is 0 Å². The van der Waals surface area contributed by atoms with Gasteiger partial charge in [0.15, 0.2) is 0 Å². The van der Waals surface area contributed by atoms with Crippen LogP contribution in [0.5, 0.6) is 0 Å². The molecule has 2 fully saturated rings. The summed E-state index contributed by atoms with van der Waals surface area (Å²) >= 11 is 0. The van der Waals surface area contributed by atoms with Crippen molar-refractivity contribution in [3.63, 3.8) is 0 Å². The second kappa shape index (κ2) is 7.51. The van der Waals surface area contributed by atoms with Crippen LogP contribution in [0.1, 0.15) is 47.2 Å². The molecule has 0 unspecified atom stereocenters. The smallest absolute Gasteiger partial charge is 0.251 e. The molecule has 1 N–H and O–H groups in total. The van der Waals surface area contributed by atoms with E-state index in [2.05, 4.69) is 5.32 Å². The lowest BCUT2D eigenvalue weighted by Crippen LogP contribution is -2.33. The molecule has 2 aromatic carbocycles. The van der Waals surface area contributed by atoms with Gasteiger partial charge in [-0.3, -0.25) is 9.59 Å². The van der Waals surface area contributed by atoms with Crippen LogP contribution in [0.2, 0.25) is 0 Å². The van der Waals surface area contributed by atoms with Crippen LogP contribution < -0.4 is 5.32 Å². The summed E-state index contributed by atoms with van der Waals surface area (Å²) < 4.78 is 13.0. The van der Waals surface area contributed by atoms with Crippen molar-refractivity contribution in [2.75, 3.05) is 0 Å². The van der Waals surface area contributed by atoms with Crippen molar-refractivity contribution >= 4 is 11.8 Å². The van der Waals surface area contributed by atoms with E-state index in [1.54, 1.807) is 12.1 Å². The molecular formula is C22H23FN2O2. The molecule has 2 aromatic rings. The fourth-order valence-electron chi connectivity index (χ4n) is 3.14. The predicted octanol–water partition coefficient (Wildman–Crippen LogP) is 3.45. The van der Waals surface area contributed by atoms with Gasteiger partial charge in [0, 0.05) is 24.2 Å². The van der Waals surface area contributed by atoms with Gasteiger partial charge in [-0.25, -0.2) is 4.39 Å². The standard InChI is InChI=1S/C22H23FN2O2/c23-18-7-3-15(4-8-18)13-21(26)25(20-11-12-20)14-16-1-5-17(6-2-16)22(27)24-19-9-10-19/h1-8,19-20H,9-14H2,(H,24,27). The van der Waals surface area contributed by atoms with Crippen molar-refractivity contribution in [3.8, 4) is 0 Å². The van der Waals surface area contributed by atoms with Crippen LogP contribution in [-0.2, 0) is 17.8 Å². The van der Waals surface area contributed by atoms with Crippen LogP contribution in [0.3, 0.4) is 0 Å². The normalized spacial score (nSPS) is 16.0. The fraction of sp³-hybridized carbons (Fsp3) is 0.364. The van der Waals surface area contributed by atoms with E-state index in [0.717, 1.165) is 36.8 Å². The lowest BCUT2D eigenvalue weighted by Gasteiger charge is -2.23. The molecule has 0 aromatic heterocycles. The van der Waals surface area contributed by atoms with Crippen LogP contribution in [0.15, 0.2) is 48.5 Å². The molecule has 0 atom stereocenters. The highest BCUT2D eigenvalue weighted by Crippen LogP contribution is 2.29. The minimum atomic E-state index is -0.295. The lowest BCUT2D eigenvalue weighted by atomic mass is 10.1. The fourth-order valence-corrected chi connectivity index (χ4v) is 3.14. The number of carbonyl (C=O) groups excluding carboxylic acids is 2. The van der Waals surface area contributed by atoms with Crippen LogP contribution in [0, 0.1) is 5.82 Å². The van der Waals surface area contributed by atoms with Gasteiger partial charge in [-0.2, -0.15) is 0 Å². The van der Waals surface area contributed by atoms with Gasteiger partial charge in [0.05, 0.1) is 6.42 Å². The first-order valence-electron chi connectivity index (χ1n) is 9.52. The highest BCUT2D eigenvalue weighted by Gasteiger charge is 2.32. The van der Waals surface area contributed by atoms with E-state index in [9.17, 15) is 14.0 Å². The molecule has 2 saturated carbocycles. The molecule has 27 heavy (non-hydrogen) atoms. The summed E-state index contributed by atoms with van der Waals surface area (Å²) in [7, 11) is 0. The highest BCUT2D eigenvalue weighted by atomic mass is 19.1. The molecule has 0 bridgehead atoms. The van der Waals surface area contributed by atoms with Crippen molar-refractivity contribution in [3.05, 3.63) is 71.0 Å². The first-order chi connectivity index (χ1) is 13.1. The second-order valence-corrected chi connectivity index (χ2v) is 7.50. The summed E-state index contributed by atoms with van der Waals surface area (Å²) in [5, 5.41) is 2.98. The van der Waals surface area contributed by atoms with Crippen molar-refractivity contribution in [1.82, 2.24) is 10.2 Å². The van der Waals surface area contributed by atoms with Crippen molar-refractivity contribution in [1.29, 1.82) is 0 Å². The molecule has 2 amide bonds. The zero-order valence-electron chi connectivity index (χ0n) is 15.2. The van der Waals surface area contributed by atoms with Crippen molar-refractivity contribution in [2.45, 2.75) is 50.7 Å². The van der Waals surface area contributed by atoms with Crippen molar-refractivity contribution < 1.29 is 14.0 Å². The molecule has 0 saturated heterocycles. The molecule has 0 radical (unpaired) electrons. The summed E-state index contributed by atoms with van der Waals surface area (Å²) in [6.07, 6.45) is 4.46. The van der Waals surface area contributed by atoms with E-state index in [-0.39, 0.29) is 30.1 Å². The third kappa shape index (κ3) is 4.73. The van der Waals surface area contributed by atoms with Crippen LogP contribution in [-0.4, -0.2) is 28.8 Å². The Morgan fingerprint density at radius 1 is 0.926 bits per heavy atom. The number of carbonyl (C=O) groups is 2. The second-order valence-electron chi connectivity index (χ2n) is 7.50. The molecule has 5 heteroatoms. The number of hydrogen-bond donors (Lipinski definition) is 1. The van der Waals surface area contributed by atoms with E-state index >= 15 is 0 Å². The molecular weight excluding hydrogens is 343 g/mol. The molecule has 2 aliphatic rings. The first-order valence-corrected chi connectivity index (χ1v) is 9.52. The Morgan fingerprint density at radius 2 is 1.56 bits per heavy atom. The van der Waals surface area contributed by atoms with Gasteiger partial charge in [0.2, 0.25) is 5.91 Å².